The smallest absolute Gasteiger partial charge is 0.341 e. The van der Waals surface area contributed by atoms with E-state index < -0.39 is 11.5 Å². The van der Waals surface area contributed by atoms with Gasteiger partial charge in [-0.05, 0) is 87.3 Å². The molecular formula is C30H34N2O3S. The van der Waals surface area contributed by atoms with Crippen molar-refractivity contribution in [2.75, 3.05) is 11.9 Å². The largest absolute Gasteiger partial charge is 0.462 e. The SMILES string of the molecule is C=C(C)c1cccc(C(C)(C)NC(=O)Nc2scc(-c3ccc4c(c3)CCCC4)c2C(=O)OCC)c1. The molecule has 36 heavy (non-hydrogen) atoms. The second kappa shape index (κ2) is 10.7. The average molecular weight is 503 g/mol. The number of urea groups is 1. The minimum Gasteiger partial charge on any atom is -0.462 e. The molecule has 1 heterocycles. The molecule has 4 rings (SSSR count). The maximum atomic E-state index is 13.1. The summed E-state index contributed by atoms with van der Waals surface area (Å²) in [7, 11) is 0. The Balaban J connectivity index is 1.60. The van der Waals surface area contributed by atoms with E-state index in [-0.39, 0.29) is 12.6 Å². The fourth-order valence-electron chi connectivity index (χ4n) is 4.63. The van der Waals surface area contributed by atoms with Gasteiger partial charge >= 0.3 is 12.0 Å². The van der Waals surface area contributed by atoms with E-state index in [4.69, 9.17) is 4.74 Å². The third kappa shape index (κ3) is 5.54. The molecule has 0 saturated heterocycles. The van der Waals surface area contributed by atoms with Crippen LogP contribution >= 0.6 is 11.3 Å². The summed E-state index contributed by atoms with van der Waals surface area (Å²) in [5, 5.41) is 8.37. The van der Waals surface area contributed by atoms with Crippen molar-refractivity contribution in [3.8, 4) is 11.1 Å². The number of nitrogens with one attached hydrogen (secondary N) is 2. The Hall–Kier alpha value is -3.38. The summed E-state index contributed by atoms with van der Waals surface area (Å²) < 4.78 is 5.38. The van der Waals surface area contributed by atoms with Gasteiger partial charge in [0.1, 0.15) is 10.6 Å². The Morgan fingerprint density at radius 1 is 1.08 bits per heavy atom. The van der Waals surface area contributed by atoms with Crippen LogP contribution in [-0.2, 0) is 23.1 Å². The number of amides is 2. The van der Waals surface area contributed by atoms with Crippen LogP contribution in [0, 0.1) is 0 Å². The number of rotatable bonds is 7. The van der Waals surface area contributed by atoms with Gasteiger partial charge in [-0.1, -0.05) is 48.6 Å². The molecule has 0 bridgehead atoms. The summed E-state index contributed by atoms with van der Waals surface area (Å²) in [6.45, 7) is 11.9. The van der Waals surface area contributed by atoms with E-state index in [1.165, 1.54) is 35.3 Å². The molecule has 188 valence electrons. The van der Waals surface area contributed by atoms with Crippen LogP contribution in [0.5, 0.6) is 0 Å². The molecule has 0 spiro atoms. The van der Waals surface area contributed by atoms with Crippen LogP contribution in [0.4, 0.5) is 9.80 Å². The van der Waals surface area contributed by atoms with E-state index in [0.29, 0.717) is 10.6 Å². The minimum absolute atomic E-state index is 0.260. The number of aryl methyl sites for hydroxylation is 2. The molecule has 0 fully saturated rings. The van der Waals surface area contributed by atoms with Crippen LogP contribution in [-0.4, -0.2) is 18.6 Å². The lowest BCUT2D eigenvalue weighted by Gasteiger charge is -2.27. The molecule has 0 unspecified atom stereocenters. The van der Waals surface area contributed by atoms with Gasteiger partial charge in [-0.2, -0.15) is 0 Å². The van der Waals surface area contributed by atoms with E-state index in [2.05, 4.69) is 35.4 Å². The number of thiophene rings is 1. The first-order valence-corrected chi connectivity index (χ1v) is 13.3. The number of carbonyl (C=O) groups excluding carboxylic acids is 2. The maximum absolute atomic E-state index is 13.1. The molecule has 0 saturated carbocycles. The number of hydrogen-bond acceptors (Lipinski definition) is 4. The number of hydrogen-bond donors (Lipinski definition) is 2. The van der Waals surface area contributed by atoms with Gasteiger partial charge in [0.15, 0.2) is 0 Å². The van der Waals surface area contributed by atoms with Crippen molar-refractivity contribution in [3.63, 3.8) is 0 Å². The van der Waals surface area contributed by atoms with Crippen molar-refractivity contribution < 1.29 is 14.3 Å². The van der Waals surface area contributed by atoms with E-state index >= 15 is 0 Å². The molecule has 6 heteroatoms. The summed E-state index contributed by atoms with van der Waals surface area (Å²) in [6.07, 6.45) is 4.55. The van der Waals surface area contributed by atoms with E-state index in [0.717, 1.165) is 40.7 Å². The molecule has 0 atom stereocenters. The zero-order valence-electron chi connectivity index (χ0n) is 21.5. The van der Waals surface area contributed by atoms with Gasteiger partial charge in [-0.15, -0.1) is 11.3 Å². The second-order valence-corrected chi connectivity index (χ2v) is 10.7. The molecule has 2 N–H and O–H groups in total. The predicted octanol–water partition coefficient (Wildman–Crippen LogP) is 7.56. The number of ether oxygens (including phenoxy) is 1. The molecule has 2 amide bonds. The number of allylic oxidation sites excluding steroid dienone is 1. The topological polar surface area (TPSA) is 67.4 Å². The van der Waals surface area contributed by atoms with Gasteiger partial charge in [0, 0.05) is 10.9 Å². The highest BCUT2D eigenvalue weighted by Gasteiger charge is 2.27. The van der Waals surface area contributed by atoms with Crippen LogP contribution in [0.3, 0.4) is 0 Å². The van der Waals surface area contributed by atoms with Crippen molar-refractivity contribution in [1.82, 2.24) is 5.32 Å². The van der Waals surface area contributed by atoms with Crippen LogP contribution in [0.15, 0.2) is 54.4 Å². The standard InChI is InChI=1S/C30H34N2O3S/c1-6-35-28(33)26-25(23-15-14-20-10-7-8-11-22(20)16-23)18-36-27(26)31-29(34)32-30(4,5)24-13-9-12-21(17-24)19(2)3/h9,12-18H,2,6-8,10-11H2,1,3-5H3,(H2,31,32,34). The molecule has 5 nitrogen and oxygen atoms in total. The predicted molar refractivity (Wildman–Crippen MR) is 149 cm³/mol. The third-order valence-corrected chi connectivity index (χ3v) is 7.56. The molecule has 0 radical (unpaired) electrons. The van der Waals surface area contributed by atoms with E-state index in [1.807, 2.05) is 50.4 Å². The maximum Gasteiger partial charge on any atom is 0.341 e. The summed E-state index contributed by atoms with van der Waals surface area (Å²) >= 11 is 1.33. The quantitative estimate of drug-likeness (QED) is 0.328. The number of benzene rings is 2. The van der Waals surface area contributed by atoms with Crippen molar-refractivity contribution in [2.45, 2.75) is 58.9 Å². The molecule has 1 aliphatic rings. The highest BCUT2D eigenvalue weighted by molar-refractivity contribution is 7.15. The lowest BCUT2D eigenvalue weighted by atomic mass is 9.89. The first-order chi connectivity index (χ1) is 17.2. The van der Waals surface area contributed by atoms with Crippen molar-refractivity contribution >= 4 is 33.9 Å². The molecular weight excluding hydrogens is 468 g/mol. The van der Waals surface area contributed by atoms with E-state index in [9.17, 15) is 9.59 Å². The summed E-state index contributed by atoms with van der Waals surface area (Å²) in [5.41, 5.74) is 7.19. The average Bonchev–Trinajstić information content (AvgIpc) is 3.27. The Morgan fingerprint density at radius 2 is 1.83 bits per heavy atom. The van der Waals surface area contributed by atoms with Crippen LogP contribution in [0.25, 0.3) is 16.7 Å². The Morgan fingerprint density at radius 3 is 2.56 bits per heavy atom. The Labute approximate surface area is 217 Å². The summed E-state index contributed by atoms with van der Waals surface area (Å²) in [6, 6.07) is 14.0. The minimum atomic E-state index is -0.641. The van der Waals surface area contributed by atoms with Crippen LogP contribution in [0.1, 0.15) is 73.1 Å². The number of fused-ring (bicyclic) bond motifs is 1. The number of anilines is 1. The summed E-state index contributed by atoms with van der Waals surface area (Å²) in [4.78, 5) is 26.1. The highest BCUT2D eigenvalue weighted by atomic mass is 32.1. The van der Waals surface area contributed by atoms with Crippen molar-refractivity contribution in [2.24, 2.45) is 0 Å². The molecule has 3 aromatic rings. The fraction of sp³-hybridized carbons (Fsp3) is 0.333. The van der Waals surface area contributed by atoms with Gasteiger partial charge in [0.25, 0.3) is 0 Å². The second-order valence-electron chi connectivity index (χ2n) is 9.83. The zero-order chi connectivity index (χ0) is 25.9. The molecule has 1 aromatic heterocycles. The summed E-state index contributed by atoms with van der Waals surface area (Å²) in [5.74, 6) is -0.435. The van der Waals surface area contributed by atoms with Gasteiger partial charge < -0.3 is 10.1 Å². The lowest BCUT2D eigenvalue weighted by Crippen LogP contribution is -2.43. The van der Waals surface area contributed by atoms with E-state index in [1.54, 1.807) is 6.92 Å². The number of esters is 1. The molecule has 0 aliphatic heterocycles. The molecule has 1 aliphatic carbocycles. The van der Waals surface area contributed by atoms with Gasteiger partial charge in [0.05, 0.1) is 12.1 Å². The van der Waals surface area contributed by atoms with Gasteiger partial charge in [-0.3, -0.25) is 5.32 Å². The Bertz CT molecular complexity index is 1310. The lowest BCUT2D eigenvalue weighted by molar-refractivity contribution is 0.0529. The van der Waals surface area contributed by atoms with Gasteiger partial charge in [-0.25, -0.2) is 9.59 Å². The first kappa shape index (κ1) is 25.7. The molecule has 2 aromatic carbocycles. The van der Waals surface area contributed by atoms with Crippen molar-refractivity contribution in [3.05, 3.63) is 82.2 Å². The zero-order valence-corrected chi connectivity index (χ0v) is 22.3. The normalized spacial score (nSPS) is 13.0. The third-order valence-electron chi connectivity index (χ3n) is 6.66. The number of carbonyl (C=O) groups is 2. The van der Waals surface area contributed by atoms with Crippen LogP contribution < -0.4 is 10.6 Å². The monoisotopic (exact) mass is 502 g/mol. The van der Waals surface area contributed by atoms with Crippen molar-refractivity contribution in [1.29, 1.82) is 0 Å². The first-order valence-electron chi connectivity index (χ1n) is 12.5. The Kier molecular flexibility index (Phi) is 7.65. The highest BCUT2D eigenvalue weighted by Crippen LogP contribution is 2.38. The van der Waals surface area contributed by atoms with Crippen LogP contribution in [0.2, 0.25) is 0 Å². The fourth-order valence-corrected chi connectivity index (χ4v) is 5.59. The van der Waals surface area contributed by atoms with Gasteiger partial charge in [0.2, 0.25) is 0 Å².